The first-order valence-electron chi connectivity index (χ1n) is 8.98. The highest BCUT2D eigenvalue weighted by Crippen LogP contribution is 2.29. The molecule has 0 aliphatic carbocycles. The minimum atomic E-state index is -0.264. The zero-order chi connectivity index (χ0) is 20.4. The van der Waals surface area contributed by atoms with E-state index in [9.17, 15) is 9.59 Å². The van der Waals surface area contributed by atoms with Crippen LogP contribution in [-0.4, -0.2) is 25.0 Å². The molecule has 3 aromatic rings. The number of furan rings is 1. The number of aryl methyl sites for hydroxylation is 1. The van der Waals surface area contributed by atoms with E-state index in [4.69, 9.17) is 9.15 Å². The Labute approximate surface area is 167 Å². The summed E-state index contributed by atoms with van der Waals surface area (Å²) in [4.78, 5) is 24.1. The number of benzene rings is 2. The van der Waals surface area contributed by atoms with Gasteiger partial charge >= 0.3 is 0 Å². The molecule has 0 unspecified atom stereocenters. The molecule has 2 heterocycles. The van der Waals surface area contributed by atoms with Gasteiger partial charge in [-0.2, -0.15) is 10.1 Å². The van der Waals surface area contributed by atoms with Crippen molar-refractivity contribution in [2.24, 2.45) is 5.10 Å². The number of amides is 1. The summed E-state index contributed by atoms with van der Waals surface area (Å²) in [5.41, 5.74) is 4.60. The minimum absolute atomic E-state index is 0.264. The molecular formula is C23H18N2O4. The number of hydrogen-bond acceptors (Lipinski definition) is 5. The van der Waals surface area contributed by atoms with E-state index in [1.807, 2.05) is 25.1 Å². The normalized spacial score (nSPS) is 15.0. The van der Waals surface area contributed by atoms with E-state index in [0.29, 0.717) is 28.1 Å². The van der Waals surface area contributed by atoms with E-state index in [1.165, 1.54) is 11.3 Å². The number of hydrazone groups is 1. The molecule has 144 valence electrons. The van der Waals surface area contributed by atoms with Crippen LogP contribution in [0.25, 0.3) is 6.08 Å². The van der Waals surface area contributed by atoms with Gasteiger partial charge in [-0.05, 0) is 60.5 Å². The molecule has 0 bridgehead atoms. The second-order valence-corrected chi connectivity index (χ2v) is 6.57. The van der Waals surface area contributed by atoms with E-state index in [0.717, 1.165) is 23.2 Å². The molecule has 1 aliphatic heterocycles. The van der Waals surface area contributed by atoms with Crippen molar-refractivity contribution >= 4 is 29.7 Å². The molecule has 1 aliphatic rings. The van der Waals surface area contributed by atoms with Crippen LogP contribution in [0.5, 0.6) is 5.75 Å². The zero-order valence-corrected chi connectivity index (χ0v) is 16.0. The van der Waals surface area contributed by atoms with Crippen molar-refractivity contribution in [1.29, 1.82) is 0 Å². The Kier molecular flexibility index (Phi) is 4.83. The van der Waals surface area contributed by atoms with Gasteiger partial charge in [-0.15, -0.1) is 0 Å². The first kappa shape index (κ1) is 18.4. The number of aldehydes is 1. The Hall–Kier alpha value is -3.93. The number of carbonyl (C=O) groups is 2. The van der Waals surface area contributed by atoms with Gasteiger partial charge in [-0.25, -0.2) is 0 Å². The molecule has 2 aromatic carbocycles. The summed E-state index contributed by atoms with van der Waals surface area (Å²) < 4.78 is 10.6. The fourth-order valence-electron chi connectivity index (χ4n) is 3.12. The van der Waals surface area contributed by atoms with E-state index < -0.39 is 0 Å². The molecule has 6 heteroatoms. The molecule has 0 radical (unpaired) electrons. The van der Waals surface area contributed by atoms with Crippen LogP contribution < -0.4 is 9.75 Å². The van der Waals surface area contributed by atoms with Crippen molar-refractivity contribution in [3.8, 4) is 5.75 Å². The van der Waals surface area contributed by atoms with Crippen LogP contribution in [0.2, 0.25) is 0 Å². The first-order valence-corrected chi connectivity index (χ1v) is 8.98. The smallest absolute Gasteiger partial charge is 0.281 e. The van der Waals surface area contributed by atoms with Crippen molar-refractivity contribution in [2.75, 3.05) is 12.1 Å². The highest BCUT2D eigenvalue weighted by atomic mass is 16.5. The van der Waals surface area contributed by atoms with Crippen LogP contribution in [0.3, 0.4) is 0 Å². The second kappa shape index (κ2) is 7.59. The average molecular weight is 386 g/mol. The minimum Gasteiger partial charge on any atom is -0.496 e. The monoisotopic (exact) mass is 386 g/mol. The van der Waals surface area contributed by atoms with Crippen molar-refractivity contribution in [3.05, 3.63) is 88.9 Å². The third-order valence-corrected chi connectivity index (χ3v) is 4.69. The number of methoxy groups -OCH3 is 1. The van der Waals surface area contributed by atoms with Crippen LogP contribution in [0, 0.1) is 6.92 Å². The maximum Gasteiger partial charge on any atom is 0.281 e. The van der Waals surface area contributed by atoms with Crippen LogP contribution >= 0.6 is 0 Å². The molecule has 6 nitrogen and oxygen atoms in total. The molecule has 29 heavy (non-hydrogen) atoms. The van der Waals surface area contributed by atoms with Crippen LogP contribution in [0.4, 0.5) is 5.69 Å². The van der Waals surface area contributed by atoms with E-state index in [-0.39, 0.29) is 5.91 Å². The van der Waals surface area contributed by atoms with Gasteiger partial charge in [0.05, 0.1) is 30.9 Å². The fraction of sp³-hybridized carbons (Fsp3) is 0.0870. The maximum absolute atomic E-state index is 13.2. The van der Waals surface area contributed by atoms with Gasteiger partial charge in [0.1, 0.15) is 17.7 Å². The number of hydrogen-bond donors (Lipinski definition) is 0. The first-order chi connectivity index (χ1) is 14.1. The number of carbonyl (C=O) groups excluding carboxylic acids is 2. The number of nitrogens with zero attached hydrogens (tertiary/aromatic N) is 2. The van der Waals surface area contributed by atoms with Crippen molar-refractivity contribution in [3.63, 3.8) is 0 Å². The lowest BCUT2D eigenvalue weighted by atomic mass is 10.0. The Bertz CT molecular complexity index is 1130. The maximum atomic E-state index is 13.2. The van der Waals surface area contributed by atoms with Gasteiger partial charge in [-0.3, -0.25) is 9.59 Å². The molecule has 0 spiro atoms. The summed E-state index contributed by atoms with van der Waals surface area (Å²) >= 11 is 0. The molecule has 1 aromatic heterocycles. The number of anilines is 1. The van der Waals surface area contributed by atoms with Gasteiger partial charge in [0.2, 0.25) is 0 Å². The summed E-state index contributed by atoms with van der Waals surface area (Å²) in [7, 11) is 1.61. The molecule has 0 fully saturated rings. The Morgan fingerprint density at radius 2 is 1.83 bits per heavy atom. The van der Waals surface area contributed by atoms with Gasteiger partial charge in [0.25, 0.3) is 5.91 Å². The fourth-order valence-corrected chi connectivity index (χ4v) is 3.12. The van der Waals surface area contributed by atoms with Crippen LogP contribution in [-0.2, 0) is 4.79 Å². The standard InChI is InChI=1S/C23H18N2O4/c1-15-3-4-17(12-21(15)28-2)11-20-22(18-9-10-29-14-18)24-25(23(20)27)19-7-5-16(13-26)6-8-19/h3-14H,1-2H3/b20-11-. The third-order valence-electron chi connectivity index (χ3n) is 4.69. The molecule has 0 saturated carbocycles. The molecule has 0 saturated heterocycles. The zero-order valence-electron chi connectivity index (χ0n) is 16.0. The van der Waals surface area contributed by atoms with Crippen molar-refractivity contribution in [2.45, 2.75) is 6.92 Å². The van der Waals surface area contributed by atoms with Gasteiger partial charge in [0, 0.05) is 11.1 Å². The van der Waals surface area contributed by atoms with E-state index >= 15 is 0 Å². The number of ether oxygens (including phenoxy) is 1. The lowest BCUT2D eigenvalue weighted by Crippen LogP contribution is -2.21. The SMILES string of the molecule is COc1cc(/C=C2\C(=O)N(c3ccc(C=O)cc3)N=C2c2ccoc2)ccc1C. The molecule has 0 atom stereocenters. The molecule has 4 rings (SSSR count). The summed E-state index contributed by atoms with van der Waals surface area (Å²) in [5.74, 6) is 0.479. The molecule has 0 N–H and O–H groups in total. The van der Waals surface area contributed by atoms with E-state index in [1.54, 1.807) is 49.8 Å². The molecular weight excluding hydrogens is 368 g/mol. The second-order valence-electron chi connectivity index (χ2n) is 6.57. The summed E-state index contributed by atoms with van der Waals surface area (Å²) in [6.45, 7) is 1.96. The predicted molar refractivity (Wildman–Crippen MR) is 110 cm³/mol. The lowest BCUT2D eigenvalue weighted by molar-refractivity contribution is -0.114. The van der Waals surface area contributed by atoms with Gasteiger partial charge in [-0.1, -0.05) is 12.1 Å². The van der Waals surface area contributed by atoms with E-state index in [2.05, 4.69) is 5.10 Å². The van der Waals surface area contributed by atoms with Crippen molar-refractivity contribution < 1.29 is 18.7 Å². The van der Waals surface area contributed by atoms with Gasteiger partial charge < -0.3 is 9.15 Å². The Balaban J connectivity index is 1.79. The summed E-state index contributed by atoms with van der Waals surface area (Å²) in [6, 6.07) is 14.2. The predicted octanol–water partition coefficient (Wildman–Crippen LogP) is 4.24. The quantitative estimate of drug-likeness (QED) is 0.486. The third kappa shape index (κ3) is 3.48. The largest absolute Gasteiger partial charge is 0.496 e. The highest BCUT2D eigenvalue weighted by molar-refractivity contribution is 6.37. The lowest BCUT2D eigenvalue weighted by Gasteiger charge is -2.11. The van der Waals surface area contributed by atoms with Crippen molar-refractivity contribution in [1.82, 2.24) is 0 Å². The topological polar surface area (TPSA) is 72.1 Å². The summed E-state index contributed by atoms with van der Waals surface area (Å²) in [5, 5.41) is 5.86. The summed E-state index contributed by atoms with van der Waals surface area (Å²) in [6.07, 6.45) is 5.63. The Morgan fingerprint density at radius 1 is 1.07 bits per heavy atom. The Morgan fingerprint density at radius 3 is 2.48 bits per heavy atom. The average Bonchev–Trinajstić information content (AvgIpc) is 3.38. The van der Waals surface area contributed by atoms with Crippen LogP contribution in [0.15, 0.2) is 76.1 Å². The highest BCUT2D eigenvalue weighted by Gasteiger charge is 2.32. The van der Waals surface area contributed by atoms with Crippen LogP contribution in [0.1, 0.15) is 27.0 Å². The molecule has 1 amide bonds. The number of rotatable bonds is 5. The van der Waals surface area contributed by atoms with Gasteiger partial charge in [0.15, 0.2) is 0 Å².